The lowest BCUT2D eigenvalue weighted by Gasteiger charge is -2.24. The number of aliphatic imine (C=N–C) groups is 1. The third-order valence-corrected chi connectivity index (χ3v) is 9.44. The van der Waals surface area contributed by atoms with E-state index in [0.717, 1.165) is 19.3 Å². The van der Waals surface area contributed by atoms with Crippen LogP contribution in [-0.2, 0) is 30.5 Å². The first kappa shape index (κ1) is 32.3. The number of fused-ring (bicyclic) bond motifs is 4. The van der Waals surface area contributed by atoms with Gasteiger partial charge in [-0.2, -0.15) is 0 Å². The maximum Gasteiger partial charge on any atom is 0.331 e. The number of cyclic esters (lactones) is 1. The molecule has 220 valence electrons. The number of nitrogens with zero attached hydrogens (tertiary/aromatic N) is 2. The fourth-order valence-electron chi connectivity index (χ4n) is 3.97. The van der Waals surface area contributed by atoms with Crippen LogP contribution in [0.4, 0.5) is 0 Å². The molecule has 0 saturated carbocycles. The molecule has 1 aromatic rings. The van der Waals surface area contributed by atoms with E-state index in [0.29, 0.717) is 40.1 Å². The number of thiazole rings is 1. The van der Waals surface area contributed by atoms with Gasteiger partial charge < -0.3 is 20.5 Å². The molecule has 0 aliphatic carbocycles. The largest absolute Gasteiger partial charge is 0.456 e. The second-order valence-electron chi connectivity index (χ2n) is 9.87. The third-order valence-electron chi connectivity index (χ3n) is 6.34. The van der Waals surface area contributed by atoms with Crippen molar-refractivity contribution in [3.05, 3.63) is 28.2 Å². The molecule has 3 rings (SSSR count). The second-order valence-corrected chi connectivity index (χ2v) is 12.9. The van der Waals surface area contributed by atoms with Gasteiger partial charge in [-0.3, -0.25) is 19.4 Å². The van der Waals surface area contributed by atoms with Crippen LogP contribution < -0.4 is 10.6 Å². The van der Waals surface area contributed by atoms with Crippen LogP contribution in [0.25, 0.3) is 0 Å². The molecule has 0 unspecified atom stereocenters. The van der Waals surface area contributed by atoms with Crippen LogP contribution >= 0.6 is 34.9 Å². The minimum absolute atomic E-state index is 0.142. The minimum atomic E-state index is -1.31. The topological polar surface area (TPSA) is 147 Å². The van der Waals surface area contributed by atoms with Crippen molar-refractivity contribution in [1.82, 2.24) is 15.6 Å². The van der Waals surface area contributed by atoms with Gasteiger partial charge in [0.2, 0.25) is 11.8 Å². The Morgan fingerprint density at radius 1 is 1.27 bits per heavy atom. The molecule has 2 aliphatic heterocycles. The summed E-state index contributed by atoms with van der Waals surface area (Å²) in [6.45, 7) is 3.37. The van der Waals surface area contributed by atoms with Crippen molar-refractivity contribution >= 4 is 62.8 Å². The fourth-order valence-corrected chi connectivity index (χ4v) is 6.67. The Hall–Kier alpha value is -2.22. The zero-order chi connectivity index (χ0) is 29.0. The van der Waals surface area contributed by atoms with Crippen molar-refractivity contribution in [2.75, 3.05) is 18.1 Å². The highest BCUT2D eigenvalue weighted by Crippen LogP contribution is 2.32. The molecule has 2 amide bonds. The van der Waals surface area contributed by atoms with E-state index in [2.05, 4.69) is 27.5 Å². The van der Waals surface area contributed by atoms with Gasteiger partial charge in [-0.1, -0.05) is 50.4 Å². The molecule has 3 N–H and O–H groups in total. The van der Waals surface area contributed by atoms with E-state index in [1.54, 1.807) is 19.1 Å². The number of hydrogen-bond acceptors (Lipinski definition) is 11. The molecule has 3 heterocycles. The van der Waals surface area contributed by atoms with Crippen LogP contribution in [-0.4, -0.2) is 73.8 Å². The monoisotopic (exact) mass is 610 g/mol. The maximum atomic E-state index is 13.0. The number of esters is 1. The highest BCUT2D eigenvalue weighted by Gasteiger charge is 2.41. The number of aliphatic hydroxyl groups is 1. The zero-order valence-corrected chi connectivity index (χ0v) is 25.4. The number of carbonyl (C=O) groups excluding carboxylic acids is 4. The summed E-state index contributed by atoms with van der Waals surface area (Å²) < 4.78 is 5.54. The predicted octanol–water partition coefficient (Wildman–Crippen LogP) is 3.37. The summed E-state index contributed by atoms with van der Waals surface area (Å²) in [5, 5.41) is 18.5. The lowest BCUT2D eigenvalue weighted by molar-refractivity contribution is -0.153. The number of hydrogen-bond donors (Lipinski definition) is 3. The van der Waals surface area contributed by atoms with E-state index in [4.69, 9.17) is 4.74 Å². The summed E-state index contributed by atoms with van der Waals surface area (Å²) >= 11 is 4.05. The van der Waals surface area contributed by atoms with Gasteiger partial charge in [0.15, 0.2) is 11.2 Å². The number of aliphatic hydroxyl groups excluding tert-OH is 1. The number of rotatable bonds is 11. The van der Waals surface area contributed by atoms with Crippen molar-refractivity contribution in [3.63, 3.8) is 0 Å². The average Bonchev–Trinajstić information content (AvgIpc) is 3.57. The summed E-state index contributed by atoms with van der Waals surface area (Å²) in [7, 11) is 0. The summed E-state index contributed by atoms with van der Waals surface area (Å²) in [6.07, 6.45) is 8.95. The summed E-state index contributed by atoms with van der Waals surface area (Å²) in [5.74, 6) is -0.763. The normalized spacial score (nSPS) is 24.0. The molecule has 2 aliphatic rings. The quantitative estimate of drug-likeness (QED) is 0.195. The van der Waals surface area contributed by atoms with Crippen LogP contribution in [0.2, 0.25) is 0 Å². The first-order chi connectivity index (χ1) is 19.2. The van der Waals surface area contributed by atoms with E-state index in [-0.39, 0.29) is 24.0 Å². The Labute approximate surface area is 247 Å². The van der Waals surface area contributed by atoms with E-state index >= 15 is 0 Å². The van der Waals surface area contributed by atoms with Gasteiger partial charge in [0.25, 0.3) is 0 Å². The molecule has 1 aromatic heterocycles. The van der Waals surface area contributed by atoms with Gasteiger partial charge >= 0.3 is 5.97 Å². The fraction of sp³-hybridized carbons (Fsp3) is 0.630. The molecule has 10 nitrogen and oxygen atoms in total. The Morgan fingerprint density at radius 2 is 2.08 bits per heavy atom. The van der Waals surface area contributed by atoms with Gasteiger partial charge in [0, 0.05) is 23.3 Å². The average molecular weight is 611 g/mol. The lowest BCUT2D eigenvalue weighted by Crippen LogP contribution is -2.52. The smallest absolute Gasteiger partial charge is 0.331 e. The highest BCUT2D eigenvalue weighted by atomic mass is 32.2. The molecule has 0 fully saturated rings. The van der Waals surface area contributed by atoms with Crippen LogP contribution in [0.3, 0.4) is 0 Å². The van der Waals surface area contributed by atoms with Crippen LogP contribution in [0, 0.1) is 0 Å². The van der Waals surface area contributed by atoms with Crippen molar-refractivity contribution in [3.8, 4) is 0 Å². The van der Waals surface area contributed by atoms with E-state index in [1.165, 1.54) is 47.7 Å². The van der Waals surface area contributed by atoms with Crippen molar-refractivity contribution in [2.45, 2.75) is 89.4 Å². The van der Waals surface area contributed by atoms with Crippen molar-refractivity contribution < 1.29 is 29.0 Å². The number of unbranched alkanes of at least 4 members (excludes halogenated alkanes) is 4. The van der Waals surface area contributed by atoms with Crippen molar-refractivity contribution in [1.29, 1.82) is 0 Å². The van der Waals surface area contributed by atoms with E-state index in [1.807, 2.05) is 5.38 Å². The van der Waals surface area contributed by atoms with Gasteiger partial charge in [-0.05, 0) is 25.8 Å². The number of thioether (sulfide) groups is 2. The maximum absolute atomic E-state index is 13.0. The molecule has 0 radical (unpaired) electrons. The highest BCUT2D eigenvalue weighted by molar-refractivity contribution is 8.14. The first-order valence-corrected chi connectivity index (χ1v) is 16.5. The number of aromatic nitrogens is 1. The Morgan fingerprint density at radius 3 is 2.85 bits per heavy atom. The van der Waals surface area contributed by atoms with E-state index < -0.39 is 36.2 Å². The Kier molecular flexibility index (Phi) is 13.1. The summed E-state index contributed by atoms with van der Waals surface area (Å²) in [5.41, 5.74) is -0.498. The van der Waals surface area contributed by atoms with Gasteiger partial charge in [0.1, 0.15) is 27.4 Å². The van der Waals surface area contributed by atoms with Crippen molar-refractivity contribution in [2.24, 2.45) is 4.99 Å². The Balaban J connectivity index is 1.62. The second kappa shape index (κ2) is 16.3. The molecule has 40 heavy (non-hydrogen) atoms. The predicted molar refractivity (Wildman–Crippen MR) is 159 cm³/mol. The molecule has 13 heteroatoms. The zero-order valence-electron chi connectivity index (χ0n) is 23.0. The standard InChI is InChI=1S/C27H38N4O6S3/c1-3-4-5-6-7-11-23(34)38-12-9-8-10-18-13-21(33)28-14-22-29-20(16-39-22)24-31-27(2,17-40-24)26(36)30-19(15-32)25(35)37-18/h8,10,16,18-19,32H,3-7,9,11-15,17H2,1-2H3,(H,28,33)(H,30,36)/b10-8+/t18-,19+,27+/m1/s1. The minimum Gasteiger partial charge on any atom is -0.456 e. The van der Waals surface area contributed by atoms with Gasteiger partial charge in [0.05, 0.1) is 19.6 Å². The number of carbonyl (C=O) groups is 4. The summed E-state index contributed by atoms with van der Waals surface area (Å²) in [4.78, 5) is 59.8. The SMILES string of the molecule is CCCCCCCC(=O)SCC/C=C/[C@@H]1CC(=O)NCc2nc(cs2)C2=N[C@@](C)(CS2)C(=O)N[C@@H](CO)C(=O)O1. The van der Waals surface area contributed by atoms with Gasteiger partial charge in [-0.25, -0.2) is 9.78 Å². The van der Waals surface area contributed by atoms with Gasteiger partial charge in [-0.15, -0.1) is 23.1 Å². The molecular formula is C27H38N4O6S3. The lowest BCUT2D eigenvalue weighted by atomic mass is 10.0. The van der Waals surface area contributed by atoms with Crippen LogP contribution in [0.1, 0.15) is 75.9 Å². The third kappa shape index (κ3) is 10.0. The van der Waals surface area contributed by atoms with Crippen LogP contribution in [0.5, 0.6) is 0 Å². The molecule has 0 saturated heterocycles. The number of allylic oxidation sites excluding steroid dienone is 1. The van der Waals surface area contributed by atoms with Crippen LogP contribution in [0.15, 0.2) is 22.5 Å². The Bertz CT molecular complexity index is 1110. The molecular weight excluding hydrogens is 573 g/mol. The molecule has 3 atom stereocenters. The molecule has 0 spiro atoms. The summed E-state index contributed by atoms with van der Waals surface area (Å²) in [6, 6.07) is -1.31. The number of nitrogens with one attached hydrogen (secondary N) is 2. The molecule has 4 bridgehead atoms. The van der Waals surface area contributed by atoms with E-state index in [9.17, 15) is 24.3 Å². The number of amides is 2. The molecule has 0 aromatic carbocycles. The first-order valence-electron chi connectivity index (χ1n) is 13.6. The number of ether oxygens (including phenoxy) is 1.